The lowest BCUT2D eigenvalue weighted by Crippen LogP contribution is -2.39. The molecule has 2 heterocycles. The van der Waals surface area contributed by atoms with Crippen molar-refractivity contribution in [3.8, 4) is 0 Å². The number of nitrogens with zero attached hydrogens (tertiary/aromatic N) is 2. The van der Waals surface area contributed by atoms with Crippen LogP contribution in [0.1, 0.15) is 24.8 Å². The van der Waals surface area contributed by atoms with Crippen molar-refractivity contribution >= 4 is 16.6 Å². The Morgan fingerprint density at radius 3 is 2.77 bits per heavy atom. The number of halogens is 1. The molecule has 0 amide bonds. The van der Waals surface area contributed by atoms with E-state index in [-0.39, 0.29) is 17.3 Å². The standard InChI is InChI=1S/C21H22FN3O/c22-17-5-3-15(4-6-17)12-21(9-1-2-19(21)26)14-25-20-18-8-10-23-13-16(18)7-11-24-20/h3-8,10-11,13,19,26H,1-2,9,12,14H2,(H,24,25). The molecule has 0 bridgehead atoms. The quantitative estimate of drug-likeness (QED) is 0.731. The number of aliphatic hydroxyl groups is 1. The maximum atomic E-state index is 13.2. The van der Waals surface area contributed by atoms with Crippen LogP contribution in [-0.2, 0) is 6.42 Å². The maximum absolute atomic E-state index is 13.2. The molecule has 26 heavy (non-hydrogen) atoms. The zero-order valence-corrected chi connectivity index (χ0v) is 14.5. The molecule has 5 heteroatoms. The van der Waals surface area contributed by atoms with Crippen LogP contribution in [0.25, 0.3) is 10.8 Å². The van der Waals surface area contributed by atoms with E-state index < -0.39 is 0 Å². The van der Waals surface area contributed by atoms with E-state index in [4.69, 9.17) is 0 Å². The van der Waals surface area contributed by atoms with E-state index in [1.807, 2.05) is 30.5 Å². The van der Waals surface area contributed by atoms with Crippen LogP contribution in [0.2, 0.25) is 0 Å². The normalized spacial score (nSPS) is 22.6. The molecule has 2 N–H and O–H groups in total. The molecule has 134 valence electrons. The number of pyridine rings is 2. The number of rotatable bonds is 5. The molecule has 1 saturated carbocycles. The van der Waals surface area contributed by atoms with Crippen molar-refractivity contribution in [2.45, 2.75) is 31.8 Å². The fraction of sp³-hybridized carbons (Fsp3) is 0.333. The number of anilines is 1. The van der Waals surface area contributed by atoms with E-state index in [0.29, 0.717) is 13.0 Å². The highest BCUT2D eigenvalue weighted by Crippen LogP contribution is 2.41. The number of hydrogen-bond acceptors (Lipinski definition) is 4. The van der Waals surface area contributed by atoms with Crippen molar-refractivity contribution in [1.82, 2.24) is 9.97 Å². The van der Waals surface area contributed by atoms with Crippen molar-refractivity contribution in [2.24, 2.45) is 5.41 Å². The number of benzene rings is 1. The minimum Gasteiger partial charge on any atom is -0.392 e. The molecule has 0 spiro atoms. The maximum Gasteiger partial charge on any atom is 0.133 e. The summed E-state index contributed by atoms with van der Waals surface area (Å²) in [4.78, 5) is 8.63. The summed E-state index contributed by atoms with van der Waals surface area (Å²) in [5.41, 5.74) is 0.776. The molecular weight excluding hydrogens is 329 g/mol. The van der Waals surface area contributed by atoms with Crippen molar-refractivity contribution in [2.75, 3.05) is 11.9 Å². The van der Waals surface area contributed by atoms with Crippen LogP contribution in [0.4, 0.5) is 10.2 Å². The summed E-state index contributed by atoms with van der Waals surface area (Å²) in [7, 11) is 0. The zero-order chi connectivity index (χ0) is 18.0. The van der Waals surface area contributed by atoms with Gasteiger partial charge in [-0.15, -0.1) is 0 Å². The van der Waals surface area contributed by atoms with Crippen LogP contribution in [0.15, 0.2) is 55.0 Å². The lowest BCUT2D eigenvalue weighted by molar-refractivity contribution is 0.0619. The Balaban J connectivity index is 1.58. The monoisotopic (exact) mass is 351 g/mol. The average Bonchev–Trinajstić information content (AvgIpc) is 3.02. The first kappa shape index (κ1) is 16.9. The molecule has 2 atom stereocenters. The van der Waals surface area contributed by atoms with Gasteiger partial charge in [0.1, 0.15) is 11.6 Å². The lowest BCUT2D eigenvalue weighted by Gasteiger charge is -2.33. The highest BCUT2D eigenvalue weighted by Gasteiger charge is 2.42. The van der Waals surface area contributed by atoms with E-state index in [1.165, 1.54) is 12.1 Å². The summed E-state index contributed by atoms with van der Waals surface area (Å²) in [6, 6.07) is 10.5. The van der Waals surface area contributed by atoms with E-state index in [0.717, 1.165) is 41.4 Å². The Morgan fingerprint density at radius 2 is 2.00 bits per heavy atom. The molecule has 0 aliphatic heterocycles. The van der Waals surface area contributed by atoms with Gasteiger partial charge in [0.05, 0.1) is 6.10 Å². The first-order valence-electron chi connectivity index (χ1n) is 9.01. The molecular formula is C21H22FN3O. The number of fused-ring (bicyclic) bond motifs is 1. The molecule has 0 radical (unpaired) electrons. The van der Waals surface area contributed by atoms with Gasteiger partial charge in [0.25, 0.3) is 0 Å². The Morgan fingerprint density at radius 1 is 1.15 bits per heavy atom. The minimum atomic E-state index is -0.378. The van der Waals surface area contributed by atoms with Gasteiger partial charge in [0, 0.05) is 41.3 Å². The zero-order valence-electron chi connectivity index (χ0n) is 14.5. The van der Waals surface area contributed by atoms with Gasteiger partial charge in [0.15, 0.2) is 0 Å². The van der Waals surface area contributed by atoms with Crippen molar-refractivity contribution in [3.05, 3.63) is 66.4 Å². The third kappa shape index (κ3) is 3.27. The molecule has 2 aromatic heterocycles. The number of aliphatic hydroxyl groups excluding tert-OH is 1. The highest BCUT2D eigenvalue weighted by molar-refractivity contribution is 5.90. The molecule has 4 nitrogen and oxygen atoms in total. The molecule has 2 unspecified atom stereocenters. The summed E-state index contributed by atoms with van der Waals surface area (Å²) in [5, 5.41) is 16.2. The van der Waals surface area contributed by atoms with Gasteiger partial charge in [-0.1, -0.05) is 18.6 Å². The Kier molecular flexibility index (Phi) is 4.55. The Labute approximate surface area is 152 Å². The molecule has 1 fully saturated rings. The topological polar surface area (TPSA) is 58.0 Å². The molecule has 3 aromatic rings. The molecule has 1 aliphatic carbocycles. The van der Waals surface area contributed by atoms with Crippen molar-refractivity contribution < 1.29 is 9.50 Å². The SMILES string of the molecule is OC1CCCC1(CNc1nccc2cnccc12)Cc1ccc(F)cc1. The predicted octanol–water partition coefficient (Wildman–Crippen LogP) is 3.95. The fourth-order valence-electron chi connectivity index (χ4n) is 4.02. The minimum absolute atomic E-state index is 0.235. The van der Waals surface area contributed by atoms with Crippen LogP contribution in [0.5, 0.6) is 0 Å². The van der Waals surface area contributed by atoms with Gasteiger partial charge in [-0.05, 0) is 49.1 Å². The number of aromatic nitrogens is 2. The summed E-state index contributed by atoms with van der Waals surface area (Å²) in [6.45, 7) is 0.625. The van der Waals surface area contributed by atoms with Crippen LogP contribution in [-0.4, -0.2) is 27.7 Å². The Hall–Kier alpha value is -2.53. The van der Waals surface area contributed by atoms with E-state index in [2.05, 4.69) is 15.3 Å². The fourth-order valence-corrected chi connectivity index (χ4v) is 4.02. The molecule has 1 aromatic carbocycles. The van der Waals surface area contributed by atoms with E-state index >= 15 is 0 Å². The first-order valence-corrected chi connectivity index (χ1v) is 9.01. The average molecular weight is 351 g/mol. The van der Waals surface area contributed by atoms with Gasteiger partial charge in [-0.3, -0.25) is 4.98 Å². The second-order valence-electron chi connectivity index (χ2n) is 7.18. The number of nitrogens with one attached hydrogen (secondary N) is 1. The van der Waals surface area contributed by atoms with Crippen molar-refractivity contribution in [1.29, 1.82) is 0 Å². The van der Waals surface area contributed by atoms with Gasteiger partial charge in [-0.25, -0.2) is 9.37 Å². The number of hydrogen-bond donors (Lipinski definition) is 2. The molecule has 1 aliphatic rings. The summed E-state index contributed by atoms with van der Waals surface area (Å²) in [5.74, 6) is 0.573. The van der Waals surface area contributed by atoms with Gasteiger partial charge in [-0.2, -0.15) is 0 Å². The van der Waals surface area contributed by atoms with Gasteiger partial charge in [0.2, 0.25) is 0 Å². The first-order chi connectivity index (χ1) is 12.7. The second kappa shape index (κ2) is 7.00. The molecule has 4 rings (SSSR count). The van der Waals surface area contributed by atoms with E-state index in [1.54, 1.807) is 12.4 Å². The predicted molar refractivity (Wildman–Crippen MR) is 100 cm³/mol. The van der Waals surface area contributed by atoms with Crippen LogP contribution < -0.4 is 5.32 Å². The van der Waals surface area contributed by atoms with Crippen LogP contribution >= 0.6 is 0 Å². The van der Waals surface area contributed by atoms with E-state index in [9.17, 15) is 9.50 Å². The Bertz CT molecular complexity index is 894. The third-order valence-electron chi connectivity index (χ3n) is 5.50. The van der Waals surface area contributed by atoms with Gasteiger partial charge >= 0.3 is 0 Å². The molecule has 0 saturated heterocycles. The third-order valence-corrected chi connectivity index (χ3v) is 5.50. The van der Waals surface area contributed by atoms with Crippen LogP contribution in [0.3, 0.4) is 0 Å². The van der Waals surface area contributed by atoms with Gasteiger partial charge < -0.3 is 10.4 Å². The summed E-state index contributed by atoms with van der Waals surface area (Å²) < 4.78 is 13.2. The highest BCUT2D eigenvalue weighted by atomic mass is 19.1. The summed E-state index contributed by atoms with van der Waals surface area (Å²) >= 11 is 0. The second-order valence-corrected chi connectivity index (χ2v) is 7.18. The largest absolute Gasteiger partial charge is 0.392 e. The van der Waals surface area contributed by atoms with Crippen molar-refractivity contribution in [3.63, 3.8) is 0 Å². The lowest BCUT2D eigenvalue weighted by atomic mass is 9.78. The smallest absolute Gasteiger partial charge is 0.133 e. The van der Waals surface area contributed by atoms with Crippen LogP contribution in [0, 0.1) is 11.2 Å². The summed E-state index contributed by atoms with van der Waals surface area (Å²) in [6.07, 6.45) is 8.42.